The van der Waals surface area contributed by atoms with Crippen LogP contribution in [0.25, 0.3) is 0 Å². The van der Waals surface area contributed by atoms with Crippen molar-refractivity contribution in [2.45, 2.75) is 27.2 Å². The lowest BCUT2D eigenvalue weighted by molar-refractivity contribution is -0.122. The maximum Gasteiger partial charge on any atom is 0.229 e. The third kappa shape index (κ3) is 3.54. The average Bonchev–Trinajstić information content (AvgIpc) is 2.96. The number of hydrogen-bond donors (Lipinski definition) is 1. The summed E-state index contributed by atoms with van der Waals surface area (Å²) in [5.41, 5.74) is 4.68. The lowest BCUT2D eigenvalue weighted by atomic mass is 10.1. The molecule has 1 N–H and O–H groups in total. The van der Waals surface area contributed by atoms with Crippen LogP contribution >= 0.6 is 11.6 Å². The first-order valence-corrected chi connectivity index (χ1v) is 8.68. The number of nitrogens with one attached hydrogen (secondary N) is 1. The lowest BCUT2D eigenvalue weighted by Crippen LogP contribution is -2.28. The number of amides is 2. The summed E-state index contributed by atoms with van der Waals surface area (Å²) >= 11 is 6.10. The highest BCUT2D eigenvalue weighted by Gasteiger charge is 2.35. The molecule has 0 radical (unpaired) electrons. The van der Waals surface area contributed by atoms with E-state index in [1.54, 1.807) is 17.0 Å². The van der Waals surface area contributed by atoms with Crippen LogP contribution in [-0.2, 0) is 9.59 Å². The molecular weight excluding hydrogens is 336 g/mol. The number of hydrogen-bond acceptors (Lipinski definition) is 2. The van der Waals surface area contributed by atoms with E-state index in [2.05, 4.69) is 5.32 Å². The minimum absolute atomic E-state index is 0.0220. The van der Waals surface area contributed by atoms with Gasteiger partial charge in [0.15, 0.2) is 0 Å². The molecule has 1 saturated heterocycles. The first kappa shape index (κ1) is 17.5. The molecule has 3 rings (SSSR count). The Hall–Kier alpha value is -2.33. The summed E-state index contributed by atoms with van der Waals surface area (Å²) in [4.78, 5) is 26.7. The SMILES string of the molecule is Cc1ccc(N2CC(C(=O)Nc3cccc(Cl)c3C)CC2=O)cc1C. The van der Waals surface area contributed by atoms with E-state index < -0.39 is 0 Å². The zero-order valence-corrected chi connectivity index (χ0v) is 15.4. The molecule has 0 aliphatic carbocycles. The highest BCUT2D eigenvalue weighted by atomic mass is 35.5. The molecule has 2 aromatic carbocycles. The number of anilines is 2. The van der Waals surface area contributed by atoms with Crippen LogP contribution in [0.2, 0.25) is 5.02 Å². The highest BCUT2D eigenvalue weighted by Crippen LogP contribution is 2.29. The zero-order valence-electron chi connectivity index (χ0n) is 14.6. The molecule has 0 aromatic heterocycles. The first-order valence-electron chi connectivity index (χ1n) is 8.30. The summed E-state index contributed by atoms with van der Waals surface area (Å²) in [5, 5.41) is 3.51. The van der Waals surface area contributed by atoms with E-state index in [1.807, 2.05) is 45.0 Å². The van der Waals surface area contributed by atoms with Gasteiger partial charge in [-0.1, -0.05) is 23.7 Å². The van der Waals surface area contributed by atoms with Crippen molar-refractivity contribution < 1.29 is 9.59 Å². The van der Waals surface area contributed by atoms with Crippen LogP contribution < -0.4 is 10.2 Å². The van der Waals surface area contributed by atoms with Crippen molar-refractivity contribution in [3.8, 4) is 0 Å². The molecule has 2 amide bonds. The number of carbonyl (C=O) groups excluding carboxylic acids is 2. The van der Waals surface area contributed by atoms with Crippen molar-refractivity contribution in [3.05, 3.63) is 58.1 Å². The van der Waals surface area contributed by atoms with E-state index in [-0.39, 0.29) is 24.2 Å². The van der Waals surface area contributed by atoms with Crippen LogP contribution in [0.15, 0.2) is 36.4 Å². The van der Waals surface area contributed by atoms with Crippen molar-refractivity contribution in [1.82, 2.24) is 0 Å². The molecule has 2 aromatic rings. The maximum atomic E-state index is 12.6. The molecule has 130 valence electrons. The van der Waals surface area contributed by atoms with E-state index >= 15 is 0 Å². The van der Waals surface area contributed by atoms with Gasteiger partial charge in [-0.3, -0.25) is 9.59 Å². The van der Waals surface area contributed by atoms with Gasteiger partial charge >= 0.3 is 0 Å². The Balaban J connectivity index is 1.74. The Morgan fingerprint density at radius 2 is 1.92 bits per heavy atom. The Bertz CT molecular complexity index is 848. The van der Waals surface area contributed by atoms with E-state index in [4.69, 9.17) is 11.6 Å². The van der Waals surface area contributed by atoms with Crippen molar-refractivity contribution >= 4 is 34.8 Å². The summed E-state index contributed by atoms with van der Waals surface area (Å²) in [6, 6.07) is 11.3. The molecule has 0 spiro atoms. The average molecular weight is 357 g/mol. The second-order valence-electron chi connectivity index (χ2n) is 6.58. The van der Waals surface area contributed by atoms with Gasteiger partial charge in [0.2, 0.25) is 11.8 Å². The molecule has 1 unspecified atom stereocenters. The molecule has 4 nitrogen and oxygen atoms in total. The van der Waals surface area contributed by atoms with Crippen molar-refractivity contribution in [3.63, 3.8) is 0 Å². The van der Waals surface area contributed by atoms with Gasteiger partial charge in [-0.25, -0.2) is 0 Å². The molecule has 0 saturated carbocycles. The number of nitrogens with zero attached hydrogens (tertiary/aromatic N) is 1. The van der Waals surface area contributed by atoms with Gasteiger partial charge in [0.05, 0.1) is 5.92 Å². The van der Waals surface area contributed by atoms with Gasteiger partial charge in [-0.15, -0.1) is 0 Å². The highest BCUT2D eigenvalue weighted by molar-refractivity contribution is 6.31. The molecule has 1 aliphatic rings. The summed E-state index contributed by atoms with van der Waals surface area (Å²) in [6.07, 6.45) is 0.221. The van der Waals surface area contributed by atoms with Crippen molar-refractivity contribution in [2.75, 3.05) is 16.8 Å². The van der Waals surface area contributed by atoms with Gasteiger partial charge in [-0.05, 0) is 61.7 Å². The maximum absolute atomic E-state index is 12.6. The number of carbonyl (C=O) groups is 2. The van der Waals surface area contributed by atoms with Crippen LogP contribution in [-0.4, -0.2) is 18.4 Å². The number of aryl methyl sites for hydroxylation is 2. The number of halogens is 1. The van der Waals surface area contributed by atoms with E-state index in [9.17, 15) is 9.59 Å². The Labute approximate surface area is 152 Å². The third-order valence-corrected chi connectivity index (χ3v) is 5.23. The van der Waals surface area contributed by atoms with E-state index in [0.29, 0.717) is 17.3 Å². The molecule has 0 bridgehead atoms. The first-order chi connectivity index (χ1) is 11.9. The van der Waals surface area contributed by atoms with Gasteiger partial charge in [0.25, 0.3) is 0 Å². The molecule has 1 atom stereocenters. The van der Waals surface area contributed by atoms with Gasteiger partial charge in [-0.2, -0.15) is 0 Å². The van der Waals surface area contributed by atoms with Crippen molar-refractivity contribution in [2.24, 2.45) is 5.92 Å². The predicted octanol–water partition coefficient (Wildman–Crippen LogP) is 4.26. The smallest absolute Gasteiger partial charge is 0.229 e. The predicted molar refractivity (Wildman–Crippen MR) is 101 cm³/mol. The standard InChI is InChI=1S/C20H21ClN2O2/c1-12-7-8-16(9-13(12)2)23-11-15(10-19(23)24)20(25)22-18-6-4-5-17(21)14(18)3/h4-9,15H,10-11H2,1-3H3,(H,22,25). The minimum atomic E-state index is -0.368. The summed E-state index contributed by atoms with van der Waals surface area (Å²) < 4.78 is 0. The molecule has 1 fully saturated rings. The fourth-order valence-electron chi connectivity index (χ4n) is 3.00. The van der Waals surface area contributed by atoms with Gasteiger partial charge in [0, 0.05) is 29.4 Å². The van der Waals surface area contributed by atoms with E-state index in [1.165, 1.54) is 5.56 Å². The number of benzene rings is 2. The monoisotopic (exact) mass is 356 g/mol. The normalized spacial score (nSPS) is 17.0. The second kappa shape index (κ2) is 6.89. The summed E-state index contributed by atoms with van der Waals surface area (Å²) in [6.45, 7) is 6.31. The Morgan fingerprint density at radius 3 is 2.64 bits per heavy atom. The van der Waals surface area contributed by atoms with Crippen molar-refractivity contribution in [1.29, 1.82) is 0 Å². The third-order valence-electron chi connectivity index (χ3n) is 4.82. The molecular formula is C20H21ClN2O2. The lowest BCUT2D eigenvalue weighted by Gasteiger charge is -2.18. The minimum Gasteiger partial charge on any atom is -0.325 e. The van der Waals surface area contributed by atoms with Crippen LogP contribution in [0.5, 0.6) is 0 Å². The van der Waals surface area contributed by atoms with E-state index in [0.717, 1.165) is 16.8 Å². The summed E-state index contributed by atoms with van der Waals surface area (Å²) in [7, 11) is 0. The zero-order chi connectivity index (χ0) is 18.1. The van der Waals surface area contributed by atoms with Gasteiger partial charge in [0.1, 0.15) is 0 Å². The van der Waals surface area contributed by atoms with Crippen LogP contribution in [0.1, 0.15) is 23.1 Å². The fourth-order valence-corrected chi connectivity index (χ4v) is 3.18. The quantitative estimate of drug-likeness (QED) is 0.893. The largest absolute Gasteiger partial charge is 0.325 e. The molecule has 1 aliphatic heterocycles. The van der Waals surface area contributed by atoms with Gasteiger partial charge < -0.3 is 10.2 Å². The number of rotatable bonds is 3. The Morgan fingerprint density at radius 1 is 1.16 bits per heavy atom. The molecule has 1 heterocycles. The van der Waals surface area contributed by atoms with Crippen LogP contribution in [0.4, 0.5) is 11.4 Å². The van der Waals surface area contributed by atoms with Crippen LogP contribution in [0.3, 0.4) is 0 Å². The topological polar surface area (TPSA) is 49.4 Å². The summed E-state index contributed by atoms with van der Waals surface area (Å²) in [5.74, 6) is -0.538. The second-order valence-corrected chi connectivity index (χ2v) is 6.98. The molecule has 5 heteroatoms. The van der Waals surface area contributed by atoms with Crippen LogP contribution in [0, 0.1) is 26.7 Å². The molecule has 25 heavy (non-hydrogen) atoms. The Kier molecular flexibility index (Phi) is 4.82. The fraction of sp³-hybridized carbons (Fsp3) is 0.300.